The molecule has 1 aliphatic heterocycles. The van der Waals surface area contributed by atoms with E-state index in [2.05, 4.69) is 4.52 Å². The van der Waals surface area contributed by atoms with Gasteiger partial charge in [0.2, 0.25) is 0 Å². The van der Waals surface area contributed by atoms with Crippen molar-refractivity contribution in [2.45, 2.75) is 24.5 Å². The van der Waals surface area contributed by atoms with Crippen molar-refractivity contribution < 1.29 is 38.2 Å². The van der Waals surface area contributed by atoms with E-state index in [0.717, 1.165) is 10.6 Å². The van der Waals surface area contributed by atoms with E-state index in [1.165, 1.54) is 18.3 Å². The van der Waals surface area contributed by atoms with Crippen LogP contribution in [-0.4, -0.2) is 49.5 Å². The van der Waals surface area contributed by atoms with Crippen molar-refractivity contribution >= 4 is 18.6 Å². The van der Waals surface area contributed by atoms with E-state index in [4.69, 9.17) is 14.5 Å². The maximum absolute atomic E-state index is 13.9. The molecule has 2 aromatic rings. The normalized spacial score (nSPS) is 27.1. The molecule has 4 N–H and O–H groups in total. The van der Waals surface area contributed by atoms with E-state index in [-0.39, 0.29) is 5.39 Å². The Morgan fingerprint density at radius 1 is 1.24 bits per heavy atom. The van der Waals surface area contributed by atoms with E-state index in [9.17, 15) is 24.0 Å². The molecule has 0 spiro atoms. The number of halogens is 1. The molecule has 3 rings (SSSR count). The number of hydrogen-bond acceptors (Lipinski definition) is 6. The minimum atomic E-state index is -4.80. The predicted molar refractivity (Wildman–Crippen MR) is 82.1 cm³/mol. The number of hydrogen-bond donors (Lipinski definition) is 4. The van der Waals surface area contributed by atoms with Crippen molar-refractivity contribution in [2.75, 3.05) is 6.61 Å². The van der Waals surface area contributed by atoms with E-state index in [0.29, 0.717) is 5.39 Å². The van der Waals surface area contributed by atoms with E-state index in [1.807, 2.05) is 0 Å². The Morgan fingerprint density at radius 2 is 1.96 bits per heavy atom. The molecule has 25 heavy (non-hydrogen) atoms. The highest BCUT2D eigenvalue weighted by Crippen LogP contribution is 2.38. The first-order chi connectivity index (χ1) is 11.7. The highest BCUT2D eigenvalue weighted by Gasteiger charge is 2.45. The Balaban J connectivity index is 1.93. The van der Waals surface area contributed by atoms with Crippen LogP contribution in [0.5, 0.6) is 0 Å². The average Bonchev–Trinajstić information content (AvgIpc) is 2.81. The van der Waals surface area contributed by atoms with Gasteiger partial charge in [-0.2, -0.15) is 0 Å². The number of aliphatic hydroxyl groups excluding tert-OH is 2. The Morgan fingerprint density at radius 3 is 2.64 bits per heavy atom. The van der Waals surface area contributed by atoms with Gasteiger partial charge in [-0.3, -0.25) is 13.9 Å². The van der Waals surface area contributed by atoms with Gasteiger partial charge >= 0.3 is 7.82 Å². The second-order valence-corrected chi connectivity index (χ2v) is 6.80. The molecule has 1 aromatic carbocycles. The molecule has 1 aliphatic rings. The van der Waals surface area contributed by atoms with Gasteiger partial charge in [-0.15, -0.1) is 0 Å². The number of aliphatic hydroxyl groups is 2. The van der Waals surface area contributed by atoms with E-state index >= 15 is 0 Å². The van der Waals surface area contributed by atoms with Gasteiger partial charge in [0.1, 0.15) is 24.1 Å². The Hall–Kier alpha value is -1.65. The van der Waals surface area contributed by atoms with Crippen LogP contribution in [0.1, 0.15) is 6.23 Å². The molecule has 1 saturated heterocycles. The summed E-state index contributed by atoms with van der Waals surface area (Å²) >= 11 is 0. The third-order valence-corrected chi connectivity index (χ3v) is 4.41. The van der Waals surface area contributed by atoms with Gasteiger partial charge in [0.05, 0.1) is 12.0 Å². The lowest BCUT2D eigenvalue weighted by Gasteiger charge is -2.18. The second-order valence-electron chi connectivity index (χ2n) is 5.56. The number of phosphoric acid groups is 1. The molecule has 0 unspecified atom stereocenters. The number of benzene rings is 1. The first kappa shape index (κ1) is 18.2. The summed E-state index contributed by atoms with van der Waals surface area (Å²) in [6.45, 7) is -0.699. The highest BCUT2D eigenvalue weighted by atomic mass is 31.2. The fourth-order valence-corrected chi connectivity index (χ4v) is 3.07. The number of rotatable bonds is 4. The Kier molecular flexibility index (Phi) is 4.78. The van der Waals surface area contributed by atoms with Gasteiger partial charge in [-0.1, -0.05) is 12.1 Å². The van der Waals surface area contributed by atoms with Gasteiger partial charge in [-0.05, 0) is 17.5 Å². The SMILES string of the molecule is O=c1c2c(F)cccc2ccn1[C@@H]1O[C@H](COP(=O)(O)O)[C@H](O)[C@H]1O. The zero-order valence-corrected chi connectivity index (χ0v) is 13.5. The van der Waals surface area contributed by atoms with Crippen LogP contribution in [0, 0.1) is 5.82 Å². The molecule has 1 aromatic heterocycles. The lowest BCUT2D eigenvalue weighted by atomic mass is 10.1. The standard InChI is InChI=1S/C14H15FNO8P/c15-8-3-1-2-7-4-5-16(13(19)10(7)8)14-12(18)11(17)9(24-14)6-23-25(20,21)22/h1-5,9,11-12,14,17-18H,6H2,(H2,20,21,22)/t9-,11+,12-,14-/m1/s1. The highest BCUT2D eigenvalue weighted by molar-refractivity contribution is 7.46. The Bertz CT molecular complexity index is 896. The third kappa shape index (κ3) is 3.51. The first-order valence-electron chi connectivity index (χ1n) is 7.20. The molecule has 11 heteroatoms. The second kappa shape index (κ2) is 6.58. The summed E-state index contributed by atoms with van der Waals surface area (Å²) in [5.41, 5.74) is -0.775. The molecular formula is C14H15FNO8P. The number of ether oxygens (including phenoxy) is 1. The van der Waals surface area contributed by atoms with Crippen LogP contribution in [0.25, 0.3) is 10.8 Å². The summed E-state index contributed by atoms with van der Waals surface area (Å²) in [4.78, 5) is 29.9. The van der Waals surface area contributed by atoms with Crippen LogP contribution in [0.15, 0.2) is 35.3 Å². The van der Waals surface area contributed by atoms with Gasteiger partial charge in [0.25, 0.3) is 5.56 Å². The molecule has 0 amide bonds. The van der Waals surface area contributed by atoms with Crippen molar-refractivity contribution in [1.82, 2.24) is 4.57 Å². The number of fused-ring (bicyclic) bond motifs is 1. The van der Waals surface area contributed by atoms with Crippen LogP contribution < -0.4 is 5.56 Å². The zero-order chi connectivity index (χ0) is 18.4. The van der Waals surface area contributed by atoms with Gasteiger partial charge in [0, 0.05) is 6.20 Å². The fourth-order valence-electron chi connectivity index (χ4n) is 2.73. The summed E-state index contributed by atoms with van der Waals surface area (Å²) in [6, 6.07) is 5.55. The number of aromatic nitrogens is 1. The quantitative estimate of drug-likeness (QED) is 0.542. The summed E-state index contributed by atoms with van der Waals surface area (Å²) in [7, 11) is -4.80. The summed E-state index contributed by atoms with van der Waals surface area (Å²) in [5.74, 6) is -0.744. The lowest BCUT2D eigenvalue weighted by molar-refractivity contribution is -0.0534. The topological polar surface area (TPSA) is 138 Å². The van der Waals surface area contributed by atoms with Crippen LogP contribution >= 0.6 is 7.82 Å². The molecular weight excluding hydrogens is 360 g/mol. The average molecular weight is 375 g/mol. The number of nitrogens with zero attached hydrogens (tertiary/aromatic N) is 1. The molecule has 4 atom stereocenters. The fraction of sp³-hybridized carbons (Fsp3) is 0.357. The summed E-state index contributed by atoms with van der Waals surface area (Å²) in [6.07, 6.45) is -4.50. The van der Waals surface area contributed by atoms with Crippen molar-refractivity contribution in [3.8, 4) is 0 Å². The molecule has 1 fully saturated rings. The molecule has 136 valence electrons. The maximum Gasteiger partial charge on any atom is 0.469 e. The van der Waals surface area contributed by atoms with Crippen LogP contribution in [-0.2, 0) is 13.8 Å². The molecule has 0 saturated carbocycles. The molecule has 2 heterocycles. The molecule has 0 radical (unpaired) electrons. The predicted octanol–water partition coefficient (Wildman–Crippen LogP) is -0.131. The Labute approximate surface area is 140 Å². The monoisotopic (exact) mass is 375 g/mol. The van der Waals surface area contributed by atoms with Gasteiger partial charge in [-0.25, -0.2) is 8.96 Å². The zero-order valence-electron chi connectivity index (χ0n) is 12.6. The summed E-state index contributed by atoms with van der Waals surface area (Å²) < 4.78 is 35.2. The molecule has 0 bridgehead atoms. The van der Waals surface area contributed by atoms with Gasteiger partial charge in [0.15, 0.2) is 6.23 Å². The number of pyridine rings is 1. The first-order valence-corrected chi connectivity index (χ1v) is 8.73. The van der Waals surface area contributed by atoms with Crippen molar-refractivity contribution in [3.05, 3.63) is 46.6 Å². The molecule has 0 aliphatic carbocycles. The van der Waals surface area contributed by atoms with Crippen molar-refractivity contribution in [1.29, 1.82) is 0 Å². The minimum absolute atomic E-state index is 0.204. The summed E-state index contributed by atoms with van der Waals surface area (Å²) in [5, 5.41) is 20.2. The smallest absolute Gasteiger partial charge is 0.387 e. The molecule has 9 nitrogen and oxygen atoms in total. The third-order valence-electron chi connectivity index (χ3n) is 3.93. The van der Waals surface area contributed by atoms with Crippen molar-refractivity contribution in [3.63, 3.8) is 0 Å². The van der Waals surface area contributed by atoms with Crippen LogP contribution in [0.2, 0.25) is 0 Å². The number of phosphoric ester groups is 1. The van der Waals surface area contributed by atoms with Gasteiger partial charge < -0.3 is 24.7 Å². The largest absolute Gasteiger partial charge is 0.469 e. The minimum Gasteiger partial charge on any atom is -0.387 e. The van der Waals surface area contributed by atoms with Crippen molar-refractivity contribution in [2.24, 2.45) is 0 Å². The van der Waals surface area contributed by atoms with Crippen LogP contribution in [0.4, 0.5) is 4.39 Å². The van der Waals surface area contributed by atoms with E-state index in [1.54, 1.807) is 6.07 Å². The van der Waals surface area contributed by atoms with Crippen LogP contribution in [0.3, 0.4) is 0 Å². The maximum atomic E-state index is 13.9. The lowest BCUT2D eigenvalue weighted by Crippen LogP contribution is -2.35. The van der Waals surface area contributed by atoms with E-state index < -0.39 is 50.3 Å².